The van der Waals surface area contributed by atoms with Gasteiger partial charge in [-0.25, -0.2) is 4.39 Å². The van der Waals surface area contributed by atoms with E-state index in [9.17, 15) is 4.39 Å². The first-order chi connectivity index (χ1) is 7.49. The third kappa shape index (κ3) is 3.19. The molecule has 0 aliphatic rings. The fraction of sp³-hybridized carbons (Fsp3) is 0.167. The van der Waals surface area contributed by atoms with E-state index >= 15 is 0 Å². The van der Waals surface area contributed by atoms with Crippen molar-refractivity contribution in [1.82, 2.24) is 0 Å². The van der Waals surface area contributed by atoms with Crippen LogP contribution in [0, 0.1) is 0 Å². The van der Waals surface area contributed by atoms with Gasteiger partial charge in [-0.05, 0) is 22.0 Å². The summed E-state index contributed by atoms with van der Waals surface area (Å²) in [5.41, 5.74) is 7.10. The molecule has 0 saturated heterocycles. The van der Waals surface area contributed by atoms with E-state index < -0.39 is 5.83 Å². The third-order valence-electron chi connectivity index (χ3n) is 1.78. The van der Waals surface area contributed by atoms with Crippen LogP contribution in [0.5, 0.6) is 0 Å². The summed E-state index contributed by atoms with van der Waals surface area (Å²) in [6.45, 7) is 10.8. The summed E-state index contributed by atoms with van der Waals surface area (Å²) in [5.74, 6) is -0.536. The van der Waals surface area contributed by atoms with Gasteiger partial charge in [-0.15, -0.1) is 0 Å². The van der Waals surface area contributed by atoms with Crippen LogP contribution in [-0.2, 0) is 0 Å². The average Bonchev–Trinajstić information content (AvgIpc) is 2.25. The summed E-state index contributed by atoms with van der Waals surface area (Å²) in [5, 5.41) is 0. The van der Waals surface area contributed by atoms with Gasteiger partial charge in [0.15, 0.2) is 0 Å². The van der Waals surface area contributed by atoms with E-state index in [2.05, 4.69) is 45.0 Å². The Bertz CT molecular complexity index is 414. The highest BCUT2D eigenvalue weighted by Gasteiger charge is 2.13. The predicted molar refractivity (Wildman–Crippen MR) is 77.8 cm³/mol. The topological polar surface area (TPSA) is 26.0 Å². The van der Waals surface area contributed by atoms with Crippen LogP contribution in [-0.4, -0.2) is 0 Å². The smallest absolute Gasteiger partial charge is 0.125 e. The van der Waals surface area contributed by atoms with Crippen molar-refractivity contribution in [2.75, 3.05) is 5.73 Å². The summed E-state index contributed by atoms with van der Waals surface area (Å²) < 4.78 is 14.4. The Balaban J connectivity index is 0.00000106. The number of hydrogen-bond acceptors (Lipinski definition) is 1. The SMILES string of the molecule is C=Cc1c(N)c(Br)cc(Br)c1C(=C)F.CC. The minimum atomic E-state index is -0.536. The van der Waals surface area contributed by atoms with Crippen molar-refractivity contribution in [3.05, 3.63) is 39.3 Å². The zero-order valence-corrected chi connectivity index (χ0v) is 12.5. The Hall–Kier alpha value is -0.610. The van der Waals surface area contributed by atoms with Crippen LogP contribution in [0.15, 0.2) is 28.2 Å². The number of nitrogen functional groups attached to an aromatic ring is 1. The normalized spacial score (nSPS) is 9.06. The standard InChI is InChI=1S/C10H8Br2FN.C2H6/c1-3-6-9(5(2)13)7(11)4-8(12)10(6)14;1-2/h3-4H,1-2,14H2;1-2H3. The molecule has 1 aromatic carbocycles. The first-order valence-corrected chi connectivity index (χ1v) is 6.32. The molecule has 0 atom stereocenters. The molecule has 1 aromatic rings. The first kappa shape index (κ1) is 15.4. The molecule has 16 heavy (non-hydrogen) atoms. The average molecular weight is 351 g/mol. The lowest BCUT2D eigenvalue weighted by atomic mass is 10.0. The Morgan fingerprint density at radius 1 is 1.38 bits per heavy atom. The van der Waals surface area contributed by atoms with Gasteiger partial charge < -0.3 is 5.73 Å². The van der Waals surface area contributed by atoms with E-state index in [4.69, 9.17) is 5.73 Å². The molecule has 0 radical (unpaired) electrons. The fourth-order valence-electron chi connectivity index (χ4n) is 1.14. The van der Waals surface area contributed by atoms with Gasteiger partial charge in [-0.3, -0.25) is 0 Å². The second kappa shape index (κ2) is 6.86. The minimum Gasteiger partial charge on any atom is -0.397 e. The molecule has 2 N–H and O–H groups in total. The zero-order valence-electron chi connectivity index (χ0n) is 9.28. The van der Waals surface area contributed by atoms with Crippen molar-refractivity contribution >= 4 is 49.5 Å². The fourth-order valence-corrected chi connectivity index (χ4v) is 2.55. The van der Waals surface area contributed by atoms with Crippen LogP contribution in [0.1, 0.15) is 25.0 Å². The molecule has 0 aliphatic carbocycles. The van der Waals surface area contributed by atoms with Gasteiger partial charge >= 0.3 is 0 Å². The van der Waals surface area contributed by atoms with Crippen LogP contribution in [0.25, 0.3) is 11.9 Å². The van der Waals surface area contributed by atoms with Gasteiger partial charge in [-0.2, -0.15) is 0 Å². The highest BCUT2D eigenvalue weighted by molar-refractivity contribution is 9.11. The Kier molecular flexibility index (Phi) is 6.60. The molecule has 0 saturated carbocycles. The number of hydrogen-bond donors (Lipinski definition) is 1. The van der Waals surface area contributed by atoms with E-state index in [1.54, 1.807) is 6.07 Å². The Morgan fingerprint density at radius 2 is 1.88 bits per heavy atom. The highest BCUT2D eigenvalue weighted by atomic mass is 79.9. The van der Waals surface area contributed by atoms with Crippen molar-refractivity contribution in [3.63, 3.8) is 0 Å². The Morgan fingerprint density at radius 3 is 2.25 bits per heavy atom. The molecule has 0 spiro atoms. The van der Waals surface area contributed by atoms with Gasteiger partial charge in [0.1, 0.15) is 5.83 Å². The van der Waals surface area contributed by atoms with E-state index in [0.29, 0.717) is 25.8 Å². The molecule has 0 heterocycles. The number of nitrogens with two attached hydrogens (primary N) is 1. The number of rotatable bonds is 2. The number of benzene rings is 1. The maximum absolute atomic E-state index is 13.1. The van der Waals surface area contributed by atoms with Crippen molar-refractivity contribution < 1.29 is 4.39 Å². The summed E-state index contributed by atoms with van der Waals surface area (Å²) in [4.78, 5) is 0. The monoisotopic (exact) mass is 349 g/mol. The lowest BCUT2D eigenvalue weighted by molar-refractivity contribution is 0.762. The van der Waals surface area contributed by atoms with E-state index in [1.165, 1.54) is 6.08 Å². The van der Waals surface area contributed by atoms with Gasteiger partial charge in [0, 0.05) is 20.1 Å². The van der Waals surface area contributed by atoms with Crippen molar-refractivity contribution in [2.24, 2.45) is 0 Å². The summed E-state index contributed by atoms with van der Waals surface area (Å²) in [7, 11) is 0. The number of halogens is 3. The molecule has 4 heteroatoms. The first-order valence-electron chi connectivity index (χ1n) is 4.73. The van der Waals surface area contributed by atoms with E-state index in [-0.39, 0.29) is 0 Å². The predicted octanol–water partition coefficient (Wildman–Crippen LogP) is 5.40. The quantitative estimate of drug-likeness (QED) is 0.709. The highest BCUT2D eigenvalue weighted by Crippen LogP contribution is 2.37. The molecule has 0 aliphatic heterocycles. The molecule has 0 fully saturated rings. The lowest BCUT2D eigenvalue weighted by Crippen LogP contribution is -1.96. The van der Waals surface area contributed by atoms with Gasteiger partial charge in [-0.1, -0.05) is 49.0 Å². The molecule has 88 valence electrons. The molecular weight excluding hydrogens is 337 g/mol. The maximum atomic E-state index is 13.1. The van der Waals surface area contributed by atoms with Crippen LogP contribution < -0.4 is 5.73 Å². The largest absolute Gasteiger partial charge is 0.397 e. The summed E-state index contributed by atoms with van der Waals surface area (Å²) >= 11 is 6.51. The minimum absolute atomic E-state index is 0.348. The second-order valence-corrected chi connectivity index (χ2v) is 4.36. The molecular formula is C12H14Br2FN. The van der Waals surface area contributed by atoms with Crippen molar-refractivity contribution in [2.45, 2.75) is 13.8 Å². The van der Waals surface area contributed by atoms with Crippen LogP contribution in [0.2, 0.25) is 0 Å². The molecule has 1 rings (SSSR count). The molecule has 1 nitrogen and oxygen atoms in total. The van der Waals surface area contributed by atoms with Gasteiger partial charge in [0.25, 0.3) is 0 Å². The number of anilines is 1. The Labute approximate surface area is 112 Å². The van der Waals surface area contributed by atoms with Crippen LogP contribution in [0.4, 0.5) is 10.1 Å². The van der Waals surface area contributed by atoms with Crippen LogP contribution in [0.3, 0.4) is 0 Å². The second-order valence-electron chi connectivity index (χ2n) is 2.65. The molecule has 0 unspecified atom stereocenters. The lowest BCUT2D eigenvalue weighted by Gasteiger charge is -2.11. The summed E-state index contributed by atoms with van der Waals surface area (Å²) in [6, 6.07) is 1.68. The van der Waals surface area contributed by atoms with Crippen molar-refractivity contribution in [1.29, 1.82) is 0 Å². The third-order valence-corrected chi connectivity index (χ3v) is 3.07. The van der Waals surface area contributed by atoms with Gasteiger partial charge in [0.05, 0.1) is 5.69 Å². The summed E-state index contributed by atoms with van der Waals surface area (Å²) in [6.07, 6.45) is 1.50. The zero-order chi connectivity index (χ0) is 12.9. The van der Waals surface area contributed by atoms with Crippen molar-refractivity contribution in [3.8, 4) is 0 Å². The van der Waals surface area contributed by atoms with E-state index in [1.807, 2.05) is 13.8 Å². The molecule has 0 amide bonds. The van der Waals surface area contributed by atoms with E-state index in [0.717, 1.165) is 0 Å². The maximum Gasteiger partial charge on any atom is 0.125 e. The van der Waals surface area contributed by atoms with Crippen LogP contribution >= 0.6 is 31.9 Å². The molecule has 0 bridgehead atoms. The van der Waals surface area contributed by atoms with Gasteiger partial charge in [0.2, 0.25) is 0 Å². The molecule has 0 aromatic heterocycles.